The van der Waals surface area contributed by atoms with Gasteiger partial charge >= 0.3 is 0 Å². The second-order valence-corrected chi connectivity index (χ2v) is 4.56. The van der Waals surface area contributed by atoms with Gasteiger partial charge in [-0.2, -0.15) is 0 Å². The van der Waals surface area contributed by atoms with Crippen LogP contribution in [0.4, 0.5) is 0 Å². The predicted octanol–water partition coefficient (Wildman–Crippen LogP) is 2.44. The zero-order valence-electron chi connectivity index (χ0n) is 8.82. The summed E-state index contributed by atoms with van der Waals surface area (Å²) in [5, 5.41) is 0.818. The molecule has 15 heavy (non-hydrogen) atoms. The summed E-state index contributed by atoms with van der Waals surface area (Å²) in [5.41, 5.74) is 7.03. The molecule has 1 aliphatic heterocycles. The lowest BCUT2D eigenvalue weighted by molar-refractivity contribution is 0.217. The van der Waals surface area contributed by atoms with Gasteiger partial charge in [-0.1, -0.05) is 23.7 Å². The molecule has 82 valence electrons. The van der Waals surface area contributed by atoms with Crippen LogP contribution < -0.4 is 5.73 Å². The van der Waals surface area contributed by atoms with Crippen molar-refractivity contribution in [3.05, 3.63) is 34.9 Å². The van der Waals surface area contributed by atoms with E-state index >= 15 is 0 Å². The molecule has 1 fully saturated rings. The smallest absolute Gasteiger partial charge is 0.0455 e. The Balaban J connectivity index is 1.98. The van der Waals surface area contributed by atoms with Gasteiger partial charge in [0.25, 0.3) is 0 Å². The van der Waals surface area contributed by atoms with Crippen molar-refractivity contribution in [3.63, 3.8) is 0 Å². The van der Waals surface area contributed by atoms with Gasteiger partial charge in [0.05, 0.1) is 0 Å². The molecule has 3 heteroatoms. The van der Waals surface area contributed by atoms with Crippen LogP contribution in [-0.2, 0) is 0 Å². The molecule has 1 aromatic carbocycles. The Morgan fingerprint density at radius 2 is 1.80 bits per heavy atom. The first-order valence-electron chi connectivity index (χ1n) is 5.47. The van der Waals surface area contributed by atoms with E-state index in [-0.39, 0.29) is 0 Å². The fraction of sp³-hybridized carbons (Fsp3) is 0.500. The monoisotopic (exact) mass is 224 g/mol. The first-order chi connectivity index (χ1) is 7.29. The maximum Gasteiger partial charge on any atom is 0.0455 e. The predicted molar refractivity (Wildman–Crippen MR) is 64.1 cm³/mol. The van der Waals surface area contributed by atoms with E-state index in [0.717, 1.165) is 18.1 Å². The third kappa shape index (κ3) is 2.71. The van der Waals surface area contributed by atoms with E-state index in [4.69, 9.17) is 17.3 Å². The van der Waals surface area contributed by atoms with Crippen LogP contribution in [0.2, 0.25) is 5.02 Å². The van der Waals surface area contributed by atoms with Crippen molar-refractivity contribution in [1.29, 1.82) is 0 Å². The SMILES string of the molecule is NCN1CCC(c2ccc(Cl)cc2)CC1. The fourth-order valence-electron chi connectivity index (χ4n) is 2.18. The molecule has 0 aliphatic carbocycles. The number of benzene rings is 1. The van der Waals surface area contributed by atoms with Crippen LogP contribution in [0, 0.1) is 0 Å². The topological polar surface area (TPSA) is 29.3 Å². The van der Waals surface area contributed by atoms with Crippen LogP contribution in [0.25, 0.3) is 0 Å². The summed E-state index contributed by atoms with van der Waals surface area (Å²) in [6, 6.07) is 8.24. The summed E-state index contributed by atoms with van der Waals surface area (Å²) in [4.78, 5) is 2.30. The Morgan fingerprint density at radius 3 is 2.33 bits per heavy atom. The maximum absolute atomic E-state index is 5.87. The Morgan fingerprint density at radius 1 is 1.20 bits per heavy atom. The molecule has 0 saturated carbocycles. The van der Waals surface area contributed by atoms with Crippen LogP contribution in [0.1, 0.15) is 24.3 Å². The van der Waals surface area contributed by atoms with Crippen LogP contribution in [0.3, 0.4) is 0 Å². The van der Waals surface area contributed by atoms with Gasteiger partial charge in [0.2, 0.25) is 0 Å². The average Bonchev–Trinajstić information content (AvgIpc) is 2.30. The molecule has 0 bridgehead atoms. The zero-order valence-corrected chi connectivity index (χ0v) is 9.58. The van der Waals surface area contributed by atoms with E-state index < -0.39 is 0 Å². The molecule has 0 aromatic heterocycles. The zero-order chi connectivity index (χ0) is 10.7. The van der Waals surface area contributed by atoms with Crippen LogP contribution in [-0.4, -0.2) is 24.7 Å². The summed E-state index contributed by atoms with van der Waals surface area (Å²) < 4.78 is 0. The van der Waals surface area contributed by atoms with Crippen molar-refractivity contribution in [2.24, 2.45) is 5.73 Å². The number of likely N-dealkylation sites (tertiary alicyclic amines) is 1. The Labute approximate surface area is 96.0 Å². The molecule has 2 N–H and O–H groups in total. The van der Waals surface area contributed by atoms with Gasteiger partial charge < -0.3 is 5.73 Å². The number of nitrogens with zero attached hydrogens (tertiary/aromatic N) is 1. The lowest BCUT2D eigenvalue weighted by Crippen LogP contribution is -2.36. The van der Waals surface area contributed by atoms with Gasteiger partial charge in [-0.15, -0.1) is 0 Å². The summed E-state index contributed by atoms with van der Waals surface area (Å²) >= 11 is 5.87. The van der Waals surface area contributed by atoms with E-state index in [2.05, 4.69) is 17.0 Å². The number of rotatable bonds is 2. The van der Waals surface area contributed by atoms with E-state index in [9.17, 15) is 0 Å². The van der Waals surface area contributed by atoms with Crippen LogP contribution in [0.15, 0.2) is 24.3 Å². The highest BCUT2D eigenvalue weighted by Crippen LogP contribution is 2.28. The van der Waals surface area contributed by atoms with Crippen LogP contribution >= 0.6 is 11.6 Å². The van der Waals surface area contributed by atoms with Crippen molar-refractivity contribution in [3.8, 4) is 0 Å². The molecular formula is C12H17ClN2. The summed E-state index contributed by atoms with van der Waals surface area (Å²) in [6.45, 7) is 2.92. The lowest BCUT2D eigenvalue weighted by Gasteiger charge is -2.31. The second-order valence-electron chi connectivity index (χ2n) is 4.13. The Hall–Kier alpha value is -0.570. The summed E-state index contributed by atoms with van der Waals surface area (Å²) in [6.07, 6.45) is 2.41. The first kappa shape index (κ1) is 10.9. The largest absolute Gasteiger partial charge is 0.318 e. The minimum atomic E-state index is 0.685. The van der Waals surface area contributed by atoms with Crippen LogP contribution in [0.5, 0.6) is 0 Å². The quantitative estimate of drug-likeness (QED) is 0.836. The number of hydrogen-bond acceptors (Lipinski definition) is 2. The molecule has 2 nitrogen and oxygen atoms in total. The third-order valence-corrected chi connectivity index (χ3v) is 3.44. The summed E-state index contributed by atoms with van der Waals surface area (Å²) in [5.74, 6) is 0.685. The van der Waals surface area contributed by atoms with Crippen molar-refractivity contribution >= 4 is 11.6 Å². The van der Waals surface area contributed by atoms with Crippen molar-refractivity contribution in [2.75, 3.05) is 19.8 Å². The van der Waals surface area contributed by atoms with E-state index in [1.165, 1.54) is 18.4 Å². The second kappa shape index (κ2) is 4.97. The molecule has 0 amide bonds. The van der Waals surface area contributed by atoms with Gasteiger partial charge in [0.15, 0.2) is 0 Å². The number of piperidine rings is 1. The molecule has 1 heterocycles. The Bertz CT molecular complexity index is 302. The minimum absolute atomic E-state index is 0.685. The van der Waals surface area contributed by atoms with Crippen molar-refractivity contribution in [1.82, 2.24) is 4.90 Å². The molecule has 0 atom stereocenters. The third-order valence-electron chi connectivity index (χ3n) is 3.19. The Kier molecular flexibility index (Phi) is 3.62. The van der Waals surface area contributed by atoms with E-state index in [1.54, 1.807) is 0 Å². The molecule has 2 rings (SSSR count). The maximum atomic E-state index is 5.87. The summed E-state index contributed by atoms with van der Waals surface area (Å²) in [7, 11) is 0. The molecule has 1 saturated heterocycles. The highest BCUT2D eigenvalue weighted by Gasteiger charge is 2.19. The molecule has 0 radical (unpaired) electrons. The van der Waals surface area contributed by atoms with Gasteiger partial charge in [-0.05, 0) is 49.5 Å². The molecule has 0 spiro atoms. The molecule has 0 unspecified atom stereocenters. The fourth-order valence-corrected chi connectivity index (χ4v) is 2.31. The minimum Gasteiger partial charge on any atom is -0.318 e. The number of nitrogens with two attached hydrogens (primary N) is 1. The van der Waals surface area contributed by atoms with E-state index in [1.807, 2.05) is 12.1 Å². The van der Waals surface area contributed by atoms with Crippen molar-refractivity contribution in [2.45, 2.75) is 18.8 Å². The molecular weight excluding hydrogens is 208 g/mol. The highest BCUT2D eigenvalue weighted by molar-refractivity contribution is 6.30. The van der Waals surface area contributed by atoms with Gasteiger partial charge in [0, 0.05) is 11.7 Å². The number of hydrogen-bond donors (Lipinski definition) is 1. The lowest BCUT2D eigenvalue weighted by atomic mass is 9.90. The van der Waals surface area contributed by atoms with E-state index in [0.29, 0.717) is 12.6 Å². The van der Waals surface area contributed by atoms with Gasteiger partial charge in [-0.25, -0.2) is 0 Å². The molecule has 1 aromatic rings. The standard InChI is InChI=1S/C12H17ClN2/c13-12-3-1-10(2-4-12)11-5-7-15(9-14)8-6-11/h1-4,11H,5-9,14H2. The van der Waals surface area contributed by atoms with Crippen molar-refractivity contribution < 1.29 is 0 Å². The first-order valence-corrected chi connectivity index (χ1v) is 5.85. The normalized spacial score (nSPS) is 19.3. The average molecular weight is 225 g/mol. The van der Waals surface area contributed by atoms with Gasteiger partial charge in [-0.3, -0.25) is 4.90 Å². The highest BCUT2D eigenvalue weighted by atomic mass is 35.5. The number of halogens is 1. The molecule has 1 aliphatic rings. The van der Waals surface area contributed by atoms with Gasteiger partial charge in [0.1, 0.15) is 0 Å².